The molecule has 5 heteroatoms. The van der Waals surface area contributed by atoms with Gasteiger partial charge in [-0.3, -0.25) is 4.79 Å². The Hall–Kier alpha value is -0.910. The van der Waals surface area contributed by atoms with Crippen LogP contribution in [0.25, 0.3) is 0 Å². The van der Waals surface area contributed by atoms with Crippen LogP contribution in [-0.4, -0.2) is 50.7 Å². The Morgan fingerprint density at radius 2 is 1.93 bits per heavy atom. The van der Waals surface area contributed by atoms with Gasteiger partial charge in [-0.25, -0.2) is 0 Å². The summed E-state index contributed by atoms with van der Waals surface area (Å²) in [6.45, 7) is 11.2. The van der Waals surface area contributed by atoms with Crippen molar-refractivity contribution in [3.05, 3.63) is 12.2 Å². The number of rotatable bonds is 2. The SMILES string of the molecule is C=C1CCC[C@@]2(C)C[C@H]3OC(=O)[C@@H](C[NH+]4CCC5(CC4)OCCO5)[C@@H]3C[C@H]12. The lowest BCUT2D eigenvalue weighted by Gasteiger charge is -2.50. The molecule has 0 unspecified atom stereocenters. The van der Waals surface area contributed by atoms with Gasteiger partial charge in [0.1, 0.15) is 12.0 Å². The van der Waals surface area contributed by atoms with Crippen LogP contribution < -0.4 is 4.90 Å². The molecule has 0 aromatic carbocycles. The van der Waals surface area contributed by atoms with Gasteiger partial charge in [-0.05, 0) is 43.4 Å². The summed E-state index contributed by atoms with van der Waals surface area (Å²) < 4.78 is 17.6. The minimum absolute atomic E-state index is 0.0546. The first kappa shape index (κ1) is 18.1. The number of quaternary nitrogens is 1. The summed E-state index contributed by atoms with van der Waals surface area (Å²) in [5.41, 5.74) is 1.70. The summed E-state index contributed by atoms with van der Waals surface area (Å²) in [5.74, 6) is 0.745. The lowest BCUT2D eigenvalue weighted by atomic mass is 9.55. The minimum Gasteiger partial charge on any atom is -0.462 e. The van der Waals surface area contributed by atoms with Gasteiger partial charge in [0, 0.05) is 5.92 Å². The van der Waals surface area contributed by atoms with E-state index in [0.717, 1.165) is 65.0 Å². The van der Waals surface area contributed by atoms with E-state index in [1.165, 1.54) is 23.3 Å². The first-order chi connectivity index (χ1) is 13.0. The second-order valence-corrected chi connectivity index (χ2v) is 9.97. The molecule has 0 amide bonds. The number of hydrogen-bond acceptors (Lipinski definition) is 4. The summed E-state index contributed by atoms with van der Waals surface area (Å²) in [4.78, 5) is 14.3. The fourth-order valence-electron chi connectivity index (χ4n) is 6.77. The highest BCUT2D eigenvalue weighted by Gasteiger charge is 2.56. The number of piperidine rings is 1. The second-order valence-electron chi connectivity index (χ2n) is 9.97. The normalized spacial score (nSPS) is 44.2. The van der Waals surface area contributed by atoms with Gasteiger partial charge >= 0.3 is 5.97 Å². The molecule has 1 spiro atoms. The number of carbonyl (C=O) groups is 1. The maximum atomic E-state index is 12.7. The van der Waals surface area contributed by atoms with Crippen LogP contribution in [-0.2, 0) is 19.0 Å². The molecule has 3 heterocycles. The molecule has 5 atom stereocenters. The van der Waals surface area contributed by atoms with Crippen LogP contribution in [0.3, 0.4) is 0 Å². The molecule has 0 aromatic rings. The molecule has 5 rings (SSSR count). The molecule has 5 aliphatic rings. The van der Waals surface area contributed by atoms with Gasteiger partial charge in [0.15, 0.2) is 5.79 Å². The van der Waals surface area contributed by atoms with Crippen LogP contribution in [0.5, 0.6) is 0 Å². The van der Waals surface area contributed by atoms with E-state index in [-0.39, 0.29) is 29.2 Å². The van der Waals surface area contributed by atoms with Crippen LogP contribution in [0.2, 0.25) is 0 Å². The number of allylic oxidation sites excluding steroid dienone is 1. The smallest absolute Gasteiger partial charge is 0.315 e. The van der Waals surface area contributed by atoms with Crippen LogP contribution in [0.15, 0.2) is 12.2 Å². The molecule has 5 nitrogen and oxygen atoms in total. The fraction of sp³-hybridized carbons (Fsp3) is 0.864. The highest BCUT2D eigenvalue weighted by Crippen LogP contribution is 2.56. The third kappa shape index (κ3) is 3.06. The van der Waals surface area contributed by atoms with Crippen molar-refractivity contribution in [3.8, 4) is 0 Å². The predicted octanol–water partition coefficient (Wildman–Crippen LogP) is 1.72. The van der Waals surface area contributed by atoms with Crippen molar-refractivity contribution in [3.63, 3.8) is 0 Å². The van der Waals surface area contributed by atoms with Crippen molar-refractivity contribution in [1.29, 1.82) is 0 Å². The lowest BCUT2D eigenvalue weighted by molar-refractivity contribution is -0.911. The van der Waals surface area contributed by atoms with Crippen molar-refractivity contribution in [1.82, 2.24) is 0 Å². The summed E-state index contributed by atoms with van der Waals surface area (Å²) in [6.07, 6.45) is 7.80. The van der Waals surface area contributed by atoms with Crippen LogP contribution >= 0.6 is 0 Å². The van der Waals surface area contributed by atoms with E-state index in [9.17, 15) is 4.79 Å². The number of likely N-dealkylation sites (tertiary alicyclic amines) is 1. The second kappa shape index (κ2) is 6.57. The van der Waals surface area contributed by atoms with Crippen LogP contribution in [0, 0.1) is 23.2 Å². The summed E-state index contributed by atoms with van der Waals surface area (Å²) in [6, 6.07) is 0. The summed E-state index contributed by atoms with van der Waals surface area (Å²) in [5, 5.41) is 0. The van der Waals surface area contributed by atoms with Crippen molar-refractivity contribution < 1.29 is 23.9 Å². The number of nitrogens with one attached hydrogen (secondary N) is 1. The van der Waals surface area contributed by atoms with Crippen molar-refractivity contribution in [2.45, 2.75) is 63.8 Å². The molecule has 3 aliphatic heterocycles. The average Bonchev–Trinajstić information content (AvgIpc) is 3.20. The van der Waals surface area contributed by atoms with Gasteiger partial charge < -0.3 is 19.1 Å². The number of carbonyl (C=O) groups excluding carboxylic acids is 1. The Bertz CT molecular complexity index is 618. The molecule has 3 saturated heterocycles. The highest BCUT2D eigenvalue weighted by molar-refractivity contribution is 5.75. The molecule has 0 bridgehead atoms. The molecule has 2 aliphatic carbocycles. The third-order valence-electron chi connectivity index (χ3n) is 8.36. The van der Waals surface area contributed by atoms with Gasteiger partial charge in [-0.15, -0.1) is 0 Å². The van der Waals surface area contributed by atoms with Gasteiger partial charge in [-0.2, -0.15) is 0 Å². The summed E-state index contributed by atoms with van der Waals surface area (Å²) >= 11 is 0. The van der Waals surface area contributed by atoms with E-state index in [1.54, 1.807) is 0 Å². The molecular weight excluding hydrogens is 342 g/mol. The van der Waals surface area contributed by atoms with Crippen LogP contribution in [0.4, 0.5) is 0 Å². The number of hydrogen-bond donors (Lipinski definition) is 1. The first-order valence-corrected chi connectivity index (χ1v) is 11.0. The number of ether oxygens (including phenoxy) is 3. The van der Waals surface area contributed by atoms with E-state index >= 15 is 0 Å². The Morgan fingerprint density at radius 3 is 2.67 bits per heavy atom. The monoisotopic (exact) mass is 376 g/mol. The molecule has 150 valence electrons. The molecular formula is C22H34NO4+. The van der Waals surface area contributed by atoms with Crippen molar-refractivity contribution >= 4 is 5.97 Å². The Kier molecular flexibility index (Phi) is 4.41. The van der Waals surface area contributed by atoms with Crippen LogP contribution in [0.1, 0.15) is 51.9 Å². The maximum Gasteiger partial charge on any atom is 0.315 e. The first-order valence-electron chi connectivity index (χ1n) is 11.0. The van der Waals surface area contributed by atoms with E-state index < -0.39 is 0 Å². The zero-order valence-electron chi connectivity index (χ0n) is 16.6. The maximum absolute atomic E-state index is 12.7. The fourth-order valence-corrected chi connectivity index (χ4v) is 6.77. The van der Waals surface area contributed by atoms with Gasteiger partial charge in [0.2, 0.25) is 0 Å². The summed E-state index contributed by atoms with van der Waals surface area (Å²) in [7, 11) is 0. The predicted molar refractivity (Wildman–Crippen MR) is 100 cm³/mol. The van der Waals surface area contributed by atoms with Crippen molar-refractivity contribution in [2.24, 2.45) is 23.2 Å². The van der Waals surface area contributed by atoms with Gasteiger partial charge in [0.25, 0.3) is 0 Å². The van der Waals surface area contributed by atoms with E-state index in [0.29, 0.717) is 11.8 Å². The quantitative estimate of drug-likeness (QED) is 0.589. The molecule has 2 saturated carbocycles. The van der Waals surface area contributed by atoms with E-state index in [4.69, 9.17) is 14.2 Å². The molecule has 5 fully saturated rings. The van der Waals surface area contributed by atoms with E-state index in [1.807, 2.05) is 0 Å². The largest absolute Gasteiger partial charge is 0.462 e. The Balaban J connectivity index is 1.26. The molecule has 1 N–H and O–H groups in total. The Morgan fingerprint density at radius 1 is 1.19 bits per heavy atom. The Labute approximate surface area is 162 Å². The number of fused-ring (bicyclic) bond motifs is 2. The molecule has 27 heavy (non-hydrogen) atoms. The molecule has 0 radical (unpaired) electrons. The lowest BCUT2D eigenvalue weighted by Crippen LogP contribution is -3.14. The van der Waals surface area contributed by atoms with E-state index in [2.05, 4.69) is 13.5 Å². The van der Waals surface area contributed by atoms with Gasteiger partial charge in [-0.1, -0.05) is 19.1 Å². The molecule has 0 aromatic heterocycles. The van der Waals surface area contributed by atoms with Gasteiger partial charge in [0.05, 0.1) is 45.7 Å². The minimum atomic E-state index is -0.325. The third-order valence-corrected chi connectivity index (χ3v) is 8.36. The average molecular weight is 377 g/mol. The highest BCUT2D eigenvalue weighted by atomic mass is 16.7. The number of esters is 1. The zero-order chi connectivity index (χ0) is 18.6. The standard InChI is InChI=1S/C22H33NO4/c1-15-4-3-5-21(2)13-19-16(12-18(15)21)17(20(24)27-19)14-23-8-6-22(7-9-23)25-10-11-26-22/h16-19H,1,3-14H2,2H3/p+1/t16-,17-,18+,19+,21-/m0/s1. The van der Waals surface area contributed by atoms with Crippen molar-refractivity contribution in [2.75, 3.05) is 32.8 Å². The topological polar surface area (TPSA) is 49.2 Å². The zero-order valence-corrected chi connectivity index (χ0v) is 16.6.